The Morgan fingerprint density at radius 2 is 1.42 bits per heavy atom. The molecule has 0 aliphatic rings. The van der Waals surface area contributed by atoms with Crippen LogP contribution in [0.15, 0.2) is 24.3 Å². The highest BCUT2D eigenvalue weighted by Gasteiger charge is 1.95. The van der Waals surface area contributed by atoms with Crippen LogP contribution in [0.2, 0.25) is 0 Å². The SMILES string of the molecule is CP.Cc1ccc(C(C)C)cc1. The van der Waals surface area contributed by atoms with Crippen molar-refractivity contribution in [2.24, 2.45) is 0 Å². The lowest BCUT2D eigenvalue weighted by Gasteiger charge is -2.03. The van der Waals surface area contributed by atoms with E-state index in [1.165, 1.54) is 11.1 Å². The normalized spacial score (nSPS) is 9.17. The van der Waals surface area contributed by atoms with Gasteiger partial charge in [-0.3, -0.25) is 0 Å². The van der Waals surface area contributed by atoms with E-state index in [-0.39, 0.29) is 0 Å². The smallest absolute Gasteiger partial charge is 0.0219 e. The Labute approximate surface area is 78.6 Å². The van der Waals surface area contributed by atoms with Crippen LogP contribution >= 0.6 is 9.24 Å². The zero-order chi connectivity index (χ0) is 9.56. The van der Waals surface area contributed by atoms with Gasteiger partial charge in [-0.2, -0.15) is 0 Å². The Bertz CT molecular complexity index is 199. The summed E-state index contributed by atoms with van der Waals surface area (Å²) in [5.41, 5.74) is 2.76. The molecule has 1 rings (SSSR count). The van der Waals surface area contributed by atoms with E-state index in [1.807, 2.05) is 6.66 Å². The third kappa shape index (κ3) is 3.88. The van der Waals surface area contributed by atoms with Crippen LogP contribution in [0.25, 0.3) is 0 Å². The van der Waals surface area contributed by atoms with E-state index in [9.17, 15) is 0 Å². The van der Waals surface area contributed by atoms with Gasteiger partial charge in [-0.15, -0.1) is 9.24 Å². The number of hydrogen-bond donors (Lipinski definition) is 0. The lowest BCUT2D eigenvalue weighted by atomic mass is 10.0. The highest BCUT2D eigenvalue weighted by molar-refractivity contribution is 7.15. The third-order valence-corrected chi connectivity index (χ3v) is 1.74. The summed E-state index contributed by atoms with van der Waals surface area (Å²) in [5.74, 6) is 0.653. The Hall–Kier alpha value is -0.350. The standard InChI is InChI=1S/C10H14.CH5P/c1-8(2)10-6-4-9(3)5-7-10;1-2/h4-8H,1-3H3;2H2,1H3. The summed E-state index contributed by atoms with van der Waals surface area (Å²) in [4.78, 5) is 0. The van der Waals surface area contributed by atoms with Crippen LogP contribution in [0.5, 0.6) is 0 Å². The summed E-state index contributed by atoms with van der Waals surface area (Å²) in [5, 5.41) is 0. The van der Waals surface area contributed by atoms with Gasteiger partial charge in [0.2, 0.25) is 0 Å². The fraction of sp³-hybridized carbons (Fsp3) is 0.455. The molecular weight excluding hydrogens is 163 g/mol. The summed E-state index contributed by atoms with van der Waals surface area (Å²) in [6, 6.07) is 8.71. The van der Waals surface area contributed by atoms with Crippen LogP contribution < -0.4 is 0 Å². The van der Waals surface area contributed by atoms with Crippen molar-refractivity contribution >= 4 is 9.24 Å². The minimum absolute atomic E-state index is 0.653. The maximum Gasteiger partial charge on any atom is -0.0219 e. The van der Waals surface area contributed by atoms with Gasteiger partial charge in [-0.05, 0) is 18.4 Å². The summed E-state index contributed by atoms with van der Waals surface area (Å²) in [7, 11) is 2.42. The van der Waals surface area contributed by atoms with Gasteiger partial charge < -0.3 is 0 Å². The monoisotopic (exact) mass is 182 g/mol. The summed E-state index contributed by atoms with van der Waals surface area (Å²) in [6.07, 6.45) is 0. The molecule has 1 unspecified atom stereocenters. The average molecular weight is 182 g/mol. The van der Waals surface area contributed by atoms with E-state index >= 15 is 0 Å². The van der Waals surface area contributed by atoms with Crippen LogP contribution in [0.1, 0.15) is 30.9 Å². The van der Waals surface area contributed by atoms with Crippen LogP contribution in [-0.4, -0.2) is 6.66 Å². The topological polar surface area (TPSA) is 0 Å². The van der Waals surface area contributed by atoms with Gasteiger partial charge in [0.15, 0.2) is 0 Å². The lowest BCUT2D eigenvalue weighted by Crippen LogP contribution is -1.85. The van der Waals surface area contributed by atoms with Gasteiger partial charge in [0.1, 0.15) is 0 Å². The molecule has 0 radical (unpaired) electrons. The van der Waals surface area contributed by atoms with E-state index in [2.05, 4.69) is 54.3 Å². The number of hydrogen-bond acceptors (Lipinski definition) is 0. The van der Waals surface area contributed by atoms with Gasteiger partial charge in [-0.1, -0.05) is 50.3 Å². The molecule has 0 saturated carbocycles. The molecule has 1 aromatic carbocycles. The minimum atomic E-state index is 0.653. The molecule has 0 N–H and O–H groups in total. The van der Waals surface area contributed by atoms with Gasteiger partial charge in [-0.25, -0.2) is 0 Å². The fourth-order valence-electron chi connectivity index (χ4n) is 0.951. The molecule has 12 heavy (non-hydrogen) atoms. The second-order valence-corrected chi connectivity index (χ2v) is 3.07. The molecule has 1 atom stereocenters. The molecule has 0 fully saturated rings. The van der Waals surface area contributed by atoms with Crippen molar-refractivity contribution in [3.63, 3.8) is 0 Å². The maximum absolute atomic E-state index is 2.42. The molecule has 0 aliphatic heterocycles. The molecule has 0 aromatic heterocycles. The first-order valence-electron chi connectivity index (χ1n) is 4.34. The highest BCUT2D eigenvalue weighted by atomic mass is 31.0. The second-order valence-electron chi connectivity index (χ2n) is 3.07. The van der Waals surface area contributed by atoms with Crippen LogP contribution in [0.4, 0.5) is 0 Å². The van der Waals surface area contributed by atoms with Gasteiger partial charge in [0, 0.05) is 0 Å². The number of benzene rings is 1. The molecule has 0 nitrogen and oxygen atoms in total. The number of aryl methyl sites for hydroxylation is 1. The molecule has 0 heterocycles. The van der Waals surface area contributed by atoms with Crippen molar-refractivity contribution < 1.29 is 0 Å². The quantitative estimate of drug-likeness (QED) is 0.582. The zero-order valence-corrected chi connectivity index (χ0v) is 9.62. The zero-order valence-electron chi connectivity index (χ0n) is 8.46. The second kappa shape index (κ2) is 6.20. The van der Waals surface area contributed by atoms with Crippen molar-refractivity contribution in [1.82, 2.24) is 0 Å². The van der Waals surface area contributed by atoms with E-state index in [0.717, 1.165) is 0 Å². The molecule has 0 spiro atoms. The predicted molar refractivity (Wildman–Crippen MR) is 60.9 cm³/mol. The summed E-state index contributed by atoms with van der Waals surface area (Å²) in [6.45, 7) is 8.46. The van der Waals surface area contributed by atoms with Crippen molar-refractivity contribution in [1.29, 1.82) is 0 Å². The molecule has 0 aliphatic carbocycles. The Morgan fingerprint density at radius 1 is 1.00 bits per heavy atom. The summed E-state index contributed by atoms with van der Waals surface area (Å²) >= 11 is 0. The molecule has 1 aromatic rings. The van der Waals surface area contributed by atoms with Gasteiger partial charge >= 0.3 is 0 Å². The van der Waals surface area contributed by atoms with E-state index in [1.54, 1.807) is 0 Å². The van der Waals surface area contributed by atoms with Gasteiger partial charge in [0.05, 0.1) is 0 Å². The predicted octanol–water partition coefficient (Wildman–Crippen LogP) is 3.61. The Balaban J connectivity index is 0.000000561. The van der Waals surface area contributed by atoms with Crippen LogP contribution in [0, 0.1) is 6.92 Å². The van der Waals surface area contributed by atoms with Crippen molar-refractivity contribution in [3.8, 4) is 0 Å². The van der Waals surface area contributed by atoms with Crippen molar-refractivity contribution in [2.45, 2.75) is 26.7 Å². The van der Waals surface area contributed by atoms with Crippen molar-refractivity contribution in [2.75, 3.05) is 6.66 Å². The minimum Gasteiger partial charge on any atom is -0.141 e. The first kappa shape index (κ1) is 11.6. The first-order valence-corrected chi connectivity index (χ1v) is 5.50. The molecule has 0 amide bonds. The maximum atomic E-state index is 2.42. The molecule has 1 heteroatoms. The van der Waals surface area contributed by atoms with E-state index < -0.39 is 0 Å². The first-order chi connectivity index (χ1) is 5.70. The van der Waals surface area contributed by atoms with Gasteiger partial charge in [0.25, 0.3) is 0 Å². The number of rotatable bonds is 1. The molecule has 0 bridgehead atoms. The van der Waals surface area contributed by atoms with E-state index in [0.29, 0.717) is 5.92 Å². The molecular formula is C11H19P. The Morgan fingerprint density at radius 3 is 1.75 bits per heavy atom. The van der Waals surface area contributed by atoms with Crippen LogP contribution in [0.3, 0.4) is 0 Å². The molecule has 0 saturated heterocycles. The fourth-order valence-corrected chi connectivity index (χ4v) is 0.951. The van der Waals surface area contributed by atoms with Crippen LogP contribution in [-0.2, 0) is 0 Å². The summed E-state index contributed by atoms with van der Waals surface area (Å²) < 4.78 is 0. The highest BCUT2D eigenvalue weighted by Crippen LogP contribution is 2.13. The largest absolute Gasteiger partial charge is 0.141 e. The lowest BCUT2D eigenvalue weighted by molar-refractivity contribution is 0.866. The Kier molecular flexibility index (Phi) is 6.02. The molecule has 68 valence electrons. The van der Waals surface area contributed by atoms with E-state index in [4.69, 9.17) is 0 Å². The van der Waals surface area contributed by atoms with Crippen molar-refractivity contribution in [3.05, 3.63) is 35.4 Å². The third-order valence-electron chi connectivity index (χ3n) is 1.74. The average Bonchev–Trinajstić information content (AvgIpc) is 2.09.